The number of ether oxygens (including phenoxy) is 2. The molecule has 3 aromatic heterocycles. The number of Topliss-reactive ketones (excluding diaryl/α,β-unsaturated/α-hetero) is 1. The summed E-state index contributed by atoms with van der Waals surface area (Å²) in [6, 6.07) is -0.393. The number of amides is 1. The van der Waals surface area contributed by atoms with Crippen LogP contribution in [-0.2, 0) is 49.5 Å². The molecule has 10 N–H and O–H groups in total. The first kappa shape index (κ1) is 41.5. The number of carbonyl (C=O) groups is 5. The van der Waals surface area contributed by atoms with E-state index < -0.39 is 72.9 Å². The third-order valence-electron chi connectivity index (χ3n) is 11.8. The lowest BCUT2D eigenvalue weighted by Crippen LogP contribution is -2.59. The van der Waals surface area contributed by atoms with E-state index in [1.165, 1.54) is 6.08 Å². The number of aliphatic hydroxyl groups excluding tert-OH is 4. The van der Waals surface area contributed by atoms with Gasteiger partial charge in [-0.25, -0.2) is 0 Å². The van der Waals surface area contributed by atoms with Crippen LogP contribution >= 0.6 is 0 Å². The highest BCUT2D eigenvalue weighted by molar-refractivity contribution is 6.14. The standard InChI is InChI=1S/C40H48N4O13/c1-6-19-15(2)23(44-38(19)53)11-22-17(4)21(7-8-28(47)48)32(42-22)30-31(39(54)55)35(50)29-18(5)24(43-33(29)30)12-25-20(16(3)26(13-45)41-25)9-10-56-40-37(52)36(51)34(49)27(14-46)57-40/h6,13,23,27,30-31,34,36-37,40-43,46,49,51-52H,1,7-12,14H2,2-5H3,(H,44,53)(H,47,48)(H,54,55). The summed E-state index contributed by atoms with van der Waals surface area (Å²) in [5, 5.41) is 63.2. The molecule has 1 aliphatic carbocycles. The lowest BCUT2D eigenvalue weighted by molar-refractivity contribution is -0.300. The van der Waals surface area contributed by atoms with Crippen molar-refractivity contribution in [2.24, 2.45) is 5.92 Å². The summed E-state index contributed by atoms with van der Waals surface area (Å²) >= 11 is 0. The largest absolute Gasteiger partial charge is 0.481 e. The number of aromatic nitrogens is 3. The molecule has 5 heterocycles. The van der Waals surface area contributed by atoms with Gasteiger partial charge < -0.3 is 60.4 Å². The molecule has 1 amide bonds. The molecule has 17 heteroatoms. The number of aliphatic hydroxyl groups is 4. The van der Waals surface area contributed by atoms with Crippen molar-refractivity contribution in [3.05, 3.63) is 91.3 Å². The van der Waals surface area contributed by atoms with Gasteiger partial charge in [-0.3, -0.25) is 24.0 Å². The van der Waals surface area contributed by atoms with Crippen LogP contribution in [0.4, 0.5) is 0 Å². The smallest absolute Gasteiger partial charge is 0.315 e. The lowest BCUT2D eigenvalue weighted by atomic mass is 9.87. The van der Waals surface area contributed by atoms with E-state index in [0.717, 1.165) is 5.57 Å². The molecule has 0 saturated carbocycles. The van der Waals surface area contributed by atoms with Crippen molar-refractivity contribution in [2.45, 2.75) is 102 Å². The fourth-order valence-corrected chi connectivity index (χ4v) is 8.54. The SMILES string of the molecule is C=CC1=C(C)C(Cc2[nH]c(C3c4[nH]c(Cc5[nH]c(C=O)c(C)c5CCOC5OC(CO)C(O)C(O)C5O)c(C)c4C(=O)C3C(=O)O)c(CCC(=O)O)c2C)NC1=O. The average Bonchev–Trinajstić information content (AvgIpc) is 3.91. The molecule has 306 valence electrons. The summed E-state index contributed by atoms with van der Waals surface area (Å²) in [6.07, 6.45) is -4.66. The summed E-state index contributed by atoms with van der Waals surface area (Å²) in [4.78, 5) is 73.1. The fourth-order valence-electron chi connectivity index (χ4n) is 8.54. The Kier molecular flexibility index (Phi) is 11.9. The van der Waals surface area contributed by atoms with Gasteiger partial charge in [-0.15, -0.1) is 0 Å². The van der Waals surface area contributed by atoms with Crippen molar-refractivity contribution in [1.29, 1.82) is 0 Å². The maximum Gasteiger partial charge on any atom is 0.315 e. The Morgan fingerprint density at radius 3 is 2.19 bits per heavy atom. The number of fused-ring (bicyclic) bond motifs is 1. The highest BCUT2D eigenvalue weighted by Gasteiger charge is 2.50. The molecule has 1 saturated heterocycles. The number of carboxylic acids is 2. The number of rotatable bonds is 16. The number of H-pyrrole nitrogens is 3. The van der Waals surface area contributed by atoms with Crippen molar-refractivity contribution in [2.75, 3.05) is 13.2 Å². The topological polar surface area (TPSA) is 285 Å². The third-order valence-corrected chi connectivity index (χ3v) is 11.8. The summed E-state index contributed by atoms with van der Waals surface area (Å²) < 4.78 is 11.2. The van der Waals surface area contributed by atoms with Crippen LogP contribution in [0.25, 0.3) is 0 Å². The number of aromatic amines is 3. The number of nitrogens with one attached hydrogen (secondary N) is 4. The molecule has 6 rings (SSSR count). The summed E-state index contributed by atoms with van der Waals surface area (Å²) in [7, 11) is 0. The summed E-state index contributed by atoms with van der Waals surface area (Å²) in [5.41, 5.74) is 7.42. The predicted molar refractivity (Wildman–Crippen MR) is 200 cm³/mol. The summed E-state index contributed by atoms with van der Waals surface area (Å²) in [6.45, 7) is 10.1. The van der Waals surface area contributed by atoms with Crippen LogP contribution in [0.1, 0.15) is 96.4 Å². The normalized spacial score (nSPS) is 25.9. The molecule has 17 nitrogen and oxygen atoms in total. The number of carboxylic acid groups (broad SMARTS) is 2. The monoisotopic (exact) mass is 792 g/mol. The van der Waals surface area contributed by atoms with Gasteiger partial charge in [0.1, 0.15) is 30.3 Å². The molecule has 8 unspecified atom stereocenters. The summed E-state index contributed by atoms with van der Waals surface area (Å²) in [5.74, 6) is -5.82. The van der Waals surface area contributed by atoms with Crippen molar-refractivity contribution >= 4 is 29.9 Å². The van der Waals surface area contributed by atoms with Gasteiger partial charge in [-0.1, -0.05) is 12.7 Å². The highest BCUT2D eigenvalue weighted by Crippen LogP contribution is 2.46. The second kappa shape index (κ2) is 16.4. The molecule has 2 aliphatic heterocycles. The minimum atomic E-state index is -1.62. The molecule has 0 bridgehead atoms. The van der Waals surface area contributed by atoms with E-state index in [2.05, 4.69) is 26.8 Å². The van der Waals surface area contributed by atoms with Crippen LogP contribution in [0.5, 0.6) is 0 Å². The van der Waals surface area contributed by atoms with E-state index in [0.29, 0.717) is 80.3 Å². The fraction of sp³-hybridized carbons (Fsp3) is 0.475. The van der Waals surface area contributed by atoms with Gasteiger partial charge in [0.15, 0.2) is 18.4 Å². The zero-order chi connectivity index (χ0) is 41.6. The van der Waals surface area contributed by atoms with E-state index in [4.69, 9.17) is 9.47 Å². The molecule has 8 atom stereocenters. The molecular formula is C40H48N4O13. The number of ketones is 1. The lowest BCUT2D eigenvalue weighted by Gasteiger charge is -2.39. The number of hydrogen-bond donors (Lipinski definition) is 10. The maximum absolute atomic E-state index is 14.1. The Balaban J connectivity index is 1.33. The average molecular weight is 793 g/mol. The van der Waals surface area contributed by atoms with E-state index in [9.17, 15) is 54.6 Å². The Bertz CT molecular complexity index is 2160. The number of aliphatic carboxylic acids is 2. The van der Waals surface area contributed by atoms with Gasteiger partial charge in [0.2, 0.25) is 0 Å². The van der Waals surface area contributed by atoms with Crippen LogP contribution in [0.3, 0.4) is 0 Å². The number of carbonyl (C=O) groups excluding carboxylic acids is 3. The first-order chi connectivity index (χ1) is 27.0. The van der Waals surface area contributed by atoms with Gasteiger partial charge in [-0.2, -0.15) is 0 Å². The maximum atomic E-state index is 14.1. The van der Waals surface area contributed by atoms with Crippen LogP contribution in [-0.4, -0.2) is 125 Å². The van der Waals surface area contributed by atoms with Crippen LogP contribution in [0, 0.1) is 26.7 Å². The number of hydrogen-bond acceptors (Lipinski definition) is 11. The van der Waals surface area contributed by atoms with Gasteiger partial charge in [0, 0.05) is 58.9 Å². The van der Waals surface area contributed by atoms with E-state index >= 15 is 0 Å². The Morgan fingerprint density at radius 1 is 0.877 bits per heavy atom. The predicted octanol–water partition coefficient (Wildman–Crippen LogP) is 0.948. The van der Waals surface area contributed by atoms with Gasteiger partial charge in [0.05, 0.1) is 30.9 Å². The van der Waals surface area contributed by atoms with Gasteiger partial charge >= 0.3 is 11.9 Å². The van der Waals surface area contributed by atoms with Crippen molar-refractivity contribution in [1.82, 2.24) is 20.3 Å². The highest BCUT2D eigenvalue weighted by atomic mass is 16.7. The van der Waals surface area contributed by atoms with Crippen LogP contribution < -0.4 is 5.32 Å². The molecular weight excluding hydrogens is 744 g/mol. The Hall–Kier alpha value is -5.17. The number of aldehydes is 1. The second-order valence-corrected chi connectivity index (χ2v) is 15.0. The zero-order valence-corrected chi connectivity index (χ0v) is 32.0. The first-order valence-electron chi connectivity index (χ1n) is 18.7. The molecule has 0 aromatic carbocycles. The molecule has 0 spiro atoms. The first-order valence-corrected chi connectivity index (χ1v) is 18.7. The third kappa shape index (κ3) is 7.42. The minimum Gasteiger partial charge on any atom is -0.481 e. The van der Waals surface area contributed by atoms with Crippen molar-refractivity contribution in [3.63, 3.8) is 0 Å². The van der Waals surface area contributed by atoms with E-state index in [1.807, 2.05) is 6.92 Å². The Morgan fingerprint density at radius 2 is 1.58 bits per heavy atom. The van der Waals surface area contributed by atoms with Gasteiger partial charge in [-0.05, 0) is 73.9 Å². The van der Waals surface area contributed by atoms with Crippen LogP contribution in [0.2, 0.25) is 0 Å². The molecule has 1 fully saturated rings. The minimum absolute atomic E-state index is 0.0560. The second-order valence-electron chi connectivity index (χ2n) is 15.0. The van der Waals surface area contributed by atoms with E-state index in [-0.39, 0.29) is 43.8 Å². The molecule has 57 heavy (non-hydrogen) atoms. The van der Waals surface area contributed by atoms with Crippen LogP contribution in [0.15, 0.2) is 23.8 Å². The van der Waals surface area contributed by atoms with Gasteiger partial charge in [0.25, 0.3) is 5.91 Å². The molecule has 0 radical (unpaired) electrons. The van der Waals surface area contributed by atoms with Crippen molar-refractivity contribution in [3.8, 4) is 0 Å². The molecule has 3 aliphatic rings. The van der Waals surface area contributed by atoms with E-state index in [1.54, 1.807) is 20.8 Å². The molecule has 3 aromatic rings. The van der Waals surface area contributed by atoms with Crippen molar-refractivity contribution < 1.29 is 64.1 Å². The Labute approximate surface area is 326 Å². The quantitative estimate of drug-likeness (QED) is 0.0715. The zero-order valence-electron chi connectivity index (χ0n) is 32.0.